The van der Waals surface area contributed by atoms with E-state index in [0.29, 0.717) is 0 Å². The van der Waals surface area contributed by atoms with Crippen LogP contribution in [0.15, 0.2) is 137 Å². The minimum Gasteiger partial charge on any atom is -0.453 e. The zero-order valence-corrected chi connectivity index (χ0v) is 27.0. The van der Waals surface area contributed by atoms with Crippen molar-refractivity contribution >= 4 is 48.9 Å². The maximum Gasteiger partial charge on any atom is 0.151 e. The Bertz CT molecular complexity index is 1650. The first kappa shape index (κ1) is 31.3. The van der Waals surface area contributed by atoms with Gasteiger partial charge in [-0.1, -0.05) is 63.6 Å². The van der Waals surface area contributed by atoms with Crippen molar-refractivity contribution in [2.45, 2.75) is 7.43 Å². The molecule has 211 valence electrons. The van der Waals surface area contributed by atoms with E-state index in [2.05, 4.69) is 77.1 Å². The summed E-state index contributed by atoms with van der Waals surface area (Å²) < 4.78 is 8.11. The molecule has 0 N–H and O–H groups in total. The third kappa shape index (κ3) is 7.05. The van der Waals surface area contributed by atoms with Gasteiger partial charge in [-0.05, 0) is 65.6 Å². The van der Waals surface area contributed by atoms with Crippen LogP contribution in [-0.4, -0.2) is 9.97 Å². The van der Waals surface area contributed by atoms with E-state index in [-0.39, 0.29) is 27.5 Å². The Hall–Kier alpha value is -3.61. The number of hydrogen-bond acceptors (Lipinski definition) is 4. The van der Waals surface area contributed by atoms with Gasteiger partial charge in [0.1, 0.15) is 0 Å². The van der Waals surface area contributed by atoms with Gasteiger partial charge in [-0.25, -0.2) is 0 Å². The second kappa shape index (κ2) is 14.5. The summed E-state index contributed by atoms with van der Waals surface area (Å²) >= 11 is 7.07. The second-order valence-corrected chi connectivity index (χ2v) is 10.7. The fourth-order valence-corrected chi connectivity index (χ4v) is 5.03. The van der Waals surface area contributed by atoms with Crippen LogP contribution >= 0.6 is 31.9 Å². The molecule has 0 bridgehead atoms. The third-order valence-electron chi connectivity index (χ3n) is 6.19. The van der Waals surface area contributed by atoms with Crippen molar-refractivity contribution in [3.05, 3.63) is 149 Å². The topological polar surface area (TPSA) is 38.2 Å². The molecule has 0 saturated carbocycles. The van der Waals surface area contributed by atoms with Gasteiger partial charge in [-0.15, -0.1) is 65.7 Å². The first-order valence-corrected chi connectivity index (χ1v) is 14.1. The van der Waals surface area contributed by atoms with Gasteiger partial charge in [-0.2, -0.15) is 0 Å². The molecule has 4 aromatic carbocycles. The van der Waals surface area contributed by atoms with Crippen molar-refractivity contribution in [1.29, 1.82) is 0 Å². The zero-order valence-electron chi connectivity index (χ0n) is 21.5. The average molecular weight is 856 g/mol. The summed E-state index contributed by atoms with van der Waals surface area (Å²) in [5, 5.41) is 0. The average Bonchev–Trinajstić information content (AvgIpc) is 3.01. The largest absolute Gasteiger partial charge is 0.453 e. The standard InChI is InChI=1S/C23H13Br2N2O.C11H8N.CH4.Ir/c24-16-6-10-20-22(13-16)28-23-14-17(25)7-11-21(23)27(20)18-8-4-15(5-9-18)19-3-1-2-12-26-19;1-2-6-10(7-3-1)11-8-4-5-9-12-11;;/h1-4,6-14H;1-6,8-9H;1H4;/q2*-1;;. The van der Waals surface area contributed by atoms with Crippen LogP contribution in [0.5, 0.6) is 11.5 Å². The number of aromatic nitrogens is 2. The van der Waals surface area contributed by atoms with Gasteiger partial charge < -0.3 is 19.6 Å². The van der Waals surface area contributed by atoms with E-state index in [4.69, 9.17) is 4.74 Å². The summed E-state index contributed by atoms with van der Waals surface area (Å²) in [6, 6.07) is 44.3. The molecule has 7 heteroatoms. The molecule has 1 aliphatic heterocycles. The van der Waals surface area contributed by atoms with Crippen LogP contribution in [0.2, 0.25) is 0 Å². The number of anilines is 3. The fraction of sp³-hybridized carbons (Fsp3) is 0.0286. The molecule has 0 amide bonds. The fourth-order valence-electron chi connectivity index (χ4n) is 4.35. The zero-order chi connectivity index (χ0) is 27.3. The van der Waals surface area contributed by atoms with Crippen LogP contribution < -0.4 is 9.64 Å². The number of ether oxygens (including phenoxy) is 1. The molecule has 6 aromatic rings. The van der Waals surface area contributed by atoms with E-state index in [1.807, 2.05) is 97.1 Å². The molecule has 7 rings (SSSR count). The van der Waals surface area contributed by atoms with Gasteiger partial charge in [0.2, 0.25) is 0 Å². The number of pyridine rings is 2. The summed E-state index contributed by atoms with van der Waals surface area (Å²) in [5.74, 6) is 1.60. The Morgan fingerprint density at radius 2 is 1.19 bits per heavy atom. The van der Waals surface area contributed by atoms with Crippen molar-refractivity contribution in [3.8, 4) is 34.0 Å². The Balaban J connectivity index is 0.000000245. The number of benzene rings is 4. The van der Waals surface area contributed by atoms with Crippen LogP contribution in [0.4, 0.5) is 17.1 Å². The van der Waals surface area contributed by atoms with E-state index < -0.39 is 0 Å². The molecule has 0 fully saturated rings. The molecule has 0 unspecified atom stereocenters. The maximum atomic E-state index is 6.16. The van der Waals surface area contributed by atoms with Gasteiger partial charge in [-0.3, -0.25) is 0 Å². The van der Waals surface area contributed by atoms with Gasteiger partial charge in [0, 0.05) is 41.4 Å². The maximum absolute atomic E-state index is 6.16. The molecule has 0 spiro atoms. The third-order valence-corrected chi connectivity index (χ3v) is 7.18. The number of rotatable bonds is 3. The molecular weight excluding hydrogens is 830 g/mol. The number of nitrogens with zero attached hydrogens (tertiary/aromatic N) is 3. The van der Waals surface area contributed by atoms with Crippen LogP contribution in [0.1, 0.15) is 7.43 Å². The van der Waals surface area contributed by atoms with E-state index in [0.717, 1.165) is 60.0 Å². The molecule has 4 nitrogen and oxygen atoms in total. The monoisotopic (exact) mass is 854 g/mol. The predicted molar refractivity (Wildman–Crippen MR) is 174 cm³/mol. The summed E-state index contributed by atoms with van der Waals surface area (Å²) in [5.41, 5.74) is 6.86. The predicted octanol–water partition coefficient (Wildman–Crippen LogP) is 10.8. The first-order valence-electron chi connectivity index (χ1n) is 12.5. The summed E-state index contributed by atoms with van der Waals surface area (Å²) in [4.78, 5) is 10.8. The molecule has 0 saturated heterocycles. The van der Waals surface area contributed by atoms with E-state index in [9.17, 15) is 0 Å². The second-order valence-electron chi connectivity index (χ2n) is 8.83. The minimum atomic E-state index is 0. The van der Waals surface area contributed by atoms with Crippen LogP contribution in [0.3, 0.4) is 0 Å². The van der Waals surface area contributed by atoms with Crippen molar-refractivity contribution in [1.82, 2.24) is 9.97 Å². The van der Waals surface area contributed by atoms with Gasteiger partial charge in [0.05, 0.1) is 11.4 Å². The van der Waals surface area contributed by atoms with E-state index in [1.165, 1.54) is 0 Å². The SMILES string of the molecule is Brc1ccc2c(c1)Oc1cc(Br)ccc1N2c1c[c-]c(-c2ccccn2)cc1.C.[Ir].[c-]1ccccc1-c1ccccn1. The van der Waals surface area contributed by atoms with Crippen molar-refractivity contribution in [2.75, 3.05) is 4.90 Å². The van der Waals surface area contributed by atoms with Crippen LogP contribution in [-0.2, 0) is 20.1 Å². The van der Waals surface area contributed by atoms with Crippen molar-refractivity contribution in [2.24, 2.45) is 0 Å². The Morgan fingerprint density at radius 3 is 1.67 bits per heavy atom. The number of fused-ring (bicyclic) bond motifs is 2. The molecule has 1 aliphatic rings. The molecule has 2 aromatic heterocycles. The van der Waals surface area contributed by atoms with E-state index >= 15 is 0 Å². The normalized spacial score (nSPS) is 10.9. The molecular formula is C35H25Br2IrN3O-2. The molecule has 42 heavy (non-hydrogen) atoms. The first-order chi connectivity index (χ1) is 19.7. The Kier molecular flexibility index (Phi) is 10.8. The molecule has 0 atom stereocenters. The molecule has 1 radical (unpaired) electrons. The minimum absolute atomic E-state index is 0. The summed E-state index contributed by atoms with van der Waals surface area (Å²) in [7, 11) is 0. The van der Waals surface area contributed by atoms with Crippen LogP contribution in [0.25, 0.3) is 22.5 Å². The Morgan fingerprint density at radius 1 is 0.619 bits per heavy atom. The van der Waals surface area contributed by atoms with Gasteiger partial charge >= 0.3 is 0 Å². The molecule has 0 aliphatic carbocycles. The quantitative estimate of drug-likeness (QED) is 0.166. The van der Waals surface area contributed by atoms with Crippen LogP contribution in [0, 0.1) is 12.1 Å². The molecule has 3 heterocycles. The summed E-state index contributed by atoms with van der Waals surface area (Å²) in [6.07, 6.45) is 3.58. The number of hydrogen-bond donors (Lipinski definition) is 0. The van der Waals surface area contributed by atoms with Gasteiger partial charge in [0.15, 0.2) is 11.5 Å². The van der Waals surface area contributed by atoms with Crippen molar-refractivity contribution in [3.63, 3.8) is 0 Å². The van der Waals surface area contributed by atoms with Gasteiger partial charge in [0.25, 0.3) is 0 Å². The number of halogens is 2. The summed E-state index contributed by atoms with van der Waals surface area (Å²) in [6.45, 7) is 0. The Labute approximate surface area is 277 Å². The van der Waals surface area contributed by atoms with Crippen molar-refractivity contribution < 1.29 is 24.8 Å². The smallest absolute Gasteiger partial charge is 0.151 e. The van der Waals surface area contributed by atoms with E-state index in [1.54, 1.807) is 12.4 Å².